The highest BCUT2D eigenvalue weighted by Gasteiger charge is 2.32. The van der Waals surface area contributed by atoms with E-state index in [9.17, 15) is 0 Å². The number of fused-ring (bicyclic) bond motifs is 1. The molecule has 1 atom stereocenters. The van der Waals surface area contributed by atoms with Gasteiger partial charge >= 0.3 is 0 Å². The summed E-state index contributed by atoms with van der Waals surface area (Å²) in [7, 11) is 0. The topological polar surface area (TPSA) is 33.7 Å². The zero-order valence-corrected chi connectivity index (χ0v) is 15.3. The van der Waals surface area contributed by atoms with Crippen LogP contribution in [0.5, 0.6) is 11.5 Å². The van der Waals surface area contributed by atoms with Crippen molar-refractivity contribution in [1.82, 2.24) is 10.2 Å². The van der Waals surface area contributed by atoms with Gasteiger partial charge in [-0.1, -0.05) is 24.4 Å². The van der Waals surface area contributed by atoms with Gasteiger partial charge in [-0.15, -0.1) is 24.8 Å². The highest BCUT2D eigenvalue weighted by atomic mass is 35.5. The monoisotopic (exact) mass is 380 g/mol. The number of piperazine rings is 1. The van der Waals surface area contributed by atoms with E-state index in [-0.39, 0.29) is 24.8 Å². The molecule has 0 amide bonds. The lowest BCUT2D eigenvalue weighted by Gasteiger charge is -2.36. The fourth-order valence-electron chi connectivity index (χ4n) is 3.32. The molecule has 4 rings (SSSR count). The van der Waals surface area contributed by atoms with E-state index in [0.717, 1.165) is 48.6 Å². The van der Waals surface area contributed by atoms with Gasteiger partial charge in [0, 0.05) is 43.3 Å². The van der Waals surface area contributed by atoms with Crippen molar-refractivity contribution in [2.24, 2.45) is 5.92 Å². The van der Waals surface area contributed by atoms with Gasteiger partial charge in [-0.3, -0.25) is 4.90 Å². The molecule has 1 aromatic rings. The molecule has 0 bridgehead atoms. The van der Waals surface area contributed by atoms with E-state index in [4.69, 9.17) is 21.1 Å². The smallest absolute Gasteiger partial charge is 0.231 e. The Morgan fingerprint density at radius 3 is 2.43 bits per heavy atom. The maximum atomic E-state index is 6.55. The van der Waals surface area contributed by atoms with Gasteiger partial charge in [0.15, 0.2) is 11.5 Å². The Labute approximate surface area is 154 Å². The number of hydrogen-bond donors (Lipinski definition) is 1. The molecule has 130 valence electrons. The molecular weight excluding hydrogens is 359 g/mol. The molecule has 2 fully saturated rings. The summed E-state index contributed by atoms with van der Waals surface area (Å²) in [4.78, 5) is 2.57. The second-order valence-electron chi connectivity index (χ2n) is 6.21. The minimum Gasteiger partial charge on any atom is -0.454 e. The molecule has 3 aliphatic rings. The van der Waals surface area contributed by atoms with Crippen molar-refractivity contribution in [3.63, 3.8) is 0 Å². The Hall–Kier alpha value is -0.390. The van der Waals surface area contributed by atoms with Gasteiger partial charge in [-0.05, 0) is 24.0 Å². The van der Waals surface area contributed by atoms with Crippen LogP contribution >= 0.6 is 36.4 Å². The Kier molecular flexibility index (Phi) is 6.69. The lowest BCUT2D eigenvalue weighted by atomic mass is 9.98. The van der Waals surface area contributed by atoms with Crippen molar-refractivity contribution < 1.29 is 9.47 Å². The first-order valence-electron chi connectivity index (χ1n) is 7.85. The van der Waals surface area contributed by atoms with E-state index in [1.54, 1.807) is 0 Å². The molecule has 2 heterocycles. The highest BCUT2D eigenvalue weighted by Crippen LogP contribution is 2.45. The number of nitrogens with zero attached hydrogens (tertiary/aromatic N) is 1. The van der Waals surface area contributed by atoms with Gasteiger partial charge in [-0.25, -0.2) is 0 Å². The molecule has 0 aromatic heterocycles. The first-order valence-corrected chi connectivity index (χ1v) is 8.23. The van der Waals surface area contributed by atoms with Crippen molar-refractivity contribution in [1.29, 1.82) is 0 Å². The molecule has 1 saturated carbocycles. The summed E-state index contributed by atoms with van der Waals surface area (Å²) in [5.74, 6) is 2.48. The summed E-state index contributed by atoms with van der Waals surface area (Å²) < 4.78 is 11.0. The number of benzene rings is 1. The lowest BCUT2D eigenvalue weighted by Crippen LogP contribution is -2.45. The average molecular weight is 382 g/mol. The minimum absolute atomic E-state index is 0. The number of halogens is 3. The summed E-state index contributed by atoms with van der Waals surface area (Å²) in [5.41, 5.74) is 1.20. The van der Waals surface area contributed by atoms with Crippen LogP contribution in [-0.2, 0) is 0 Å². The van der Waals surface area contributed by atoms with Crippen LogP contribution in [0, 0.1) is 5.92 Å². The van der Waals surface area contributed by atoms with Gasteiger partial charge in [-0.2, -0.15) is 0 Å². The molecule has 0 radical (unpaired) electrons. The molecule has 2 aliphatic heterocycles. The van der Waals surface area contributed by atoms with Gasteiger partial charge in [0.2, 0.25) is 6.79 Å². The van der Waals surface area contributed by atoms with Crippen LogP contribution in [0.4, 0.5) is 0 Å². The fourth-order valence-corrected chi connectivity index (χ4v) is 3.60. The Bertz CT molecular complexity index is 534. The van der Waals surface area contributed by atoms with E-state index >= 15 is 0 Å². The zero-order chi connectivity index (χ0) is 14.2. The van der Waals surface area contributed by atoms with E-state index in [1.165, 1.54) is 24.8 Å². The molecule has 23 heavy (non-hydrogen) atoms. The third-order valence-corrected chi connectivity index (χ3v) is 5.02. The molecule has 1 aromatic carbocycles. The number of ether oxygens (including phenoxy) is 2. The molecule has 0 unspecified atom stereocenters. The largest absolute Gasteiger partial charge is 0.454 e. The summed E-state index contributed by atoms with van der Waals surface area (Å²) in [6.07, 6.45) is 3.94. The normalized spacial score (nSPS) is 21.3. The standard InChI is InChI=1S/C16H21ClN2O2.2ClH/c17-13-9-16-15(20-10-21-16)8-12(13)14(7-11-1-2-11)19-5-3-18-4-6-19;;/h8-9,11,14,18H,1-7,10H2;2*1H/t14-;;/m1../s1. The van der Waals surface area contributed by atoms with E-state index in [2.05, 4.69) is 16.3 Å². The van der Waals surface area contributed by atoms with Crippen molar-refractivity contribution in [3.8, 4) is 11.5 Å². The first-order chi connectivity index (χ1) is 10.3. The molecule has 1 aliphatic carbocycles. The van der Waals surface area contributed by atoms with Crippen LogP contribution in [0.25, 0.3) is 0 Å². The average Bonchev–Trinajstić information content (AvgIpc) is 3.22. The van der Waals surface area contributed by atoms with Gasteiger partial charge < -0.3 is 14.8 Å². The van der Waals surface area contributed by atoms with E-state index < -0.39 is 0 Å². The molecule has 1 N–H and O–H groups in total. The summed E-state index contributed by atoms with van der Waals surface area (Å²) in [6.45, 7) is 4.59. The quantitative estimate of drug-likeness (QED) is 0.863. The van der Waals surface area contributed by atoms with Crippen LogP contribution in [0.15, 0.2) is 12.1 Å². The molecular formula is C16H23Cl3N2O2. The van der Waals surface area contributed by atoms with Gasteiger partial charge in [0.05, 0.1) is 0 Å². The Morgan fingerprint density at radius 1 is 1.13 bits per heavy atom. The number of rotatable bonds is 4. The third kappa shape index (κ3) is 4.18. The van der Waals surface area contributed by atoms with Crippen molar-refractivity contribution in [3.05, 3.63) is 22.7 Å². The van der Waals surface area contributed by atoms with Gasteiger partial charge in [0.1, 0.15) is 0 Å². The summed E-state index contributed by atoms with van der Waals surface area (Å²) in [5, 5.41) is 4.24. The number of hydrogen-bond acceptors (Lipinski definition) is 4. The fraction of sp³-hybridized carbons (Fsp3) is 0.625. The van der Waals surface area contributed by atoms with Crippen LogP contribution in [0.1, 0.15) is 30.9 Å². The first kappa shape index (κ1) is 18.9. The molecule has 0 spiro atoms. The minimum atomic E-state index is 0. The van der Waals surface area contributed by atoms with Crippen molar-refractivity contribution >= 4 is 36.4 Å². The summed E-state index contributed by atoms with van der Waals surface area (Å²) >= 11 is 6.55. The van der Waals surface area contributed by atoms with E-state index in [0.29, 0.717) is 12.8 Å². The zero-order valence-electron chi connectivity index (χ0n) is 12.9. The van der Waals surface area contributed by atoms with Crippen molar-refractivity contribution in [2.45, 2.75) is 25.3 Å². The van der Waals surface area contributed by atoms with E-state index in [1.807, 2.05) is 6.07 Å². The molecule has 7 heteroatoms. The van der Waals surface area contributed by atoms with Crippen LogP contribution in [0.3, 0.4) is 0 Å². The van der Waals surface area contributed by atoms with Gasteiger partial charge in [0.25, 0.3) is 0 Å². The molecule has 4 nitrogen and oxygen atoms in total. The van der Waals surface area contributed by atoms with Crippen molar-refractivity contribution in [2.75, 3.05) is 33.0 Å². The maximum absolute atomic E-state index is 6.55. The second-order valence-corrected chi connectivity index (χ2v) is 6.62. The Morgan fingerprint density at radius 2 is 1.78 bits per heavy atom. The predicted molar refractivity (Wildman–Crippen MR) is 96.6 cm³/mol. The lowest BCUT2D eigenvalue weighted by molar-refractivity contribution is 0.160. The second kappa shape index (κ2) is 8.13. The van der Waals surface area contributed by atoms with Crippen LogP contribution < -0.4 is 14.8 Å². The molecule has 1 saturated heterocycles. The SMILES string of the molecule is Cl.Cl.Clc1cc2c(cc1[C@@H](CC1CC1)N1CCNCC1)OCO2. The van der Waals surface area contributed by atoms with Crippen LogP contribution in [0.2, 0.25) is 5.02 Å². The highest BCUT2D eigenvalue weighted by molar-refractivity contribution is 6.31. The predicted octanol–water partition coefficient (Wildman–Crippen LogP) is 3.66. The third-order valence-electron chi connectivity index (χ3n) is 4.70. The Balaban J connectivity index is 0.000000960. The summed E-state index contributed by atoms with van der Waals surface area (Å²) in [6, 6.07) is 4.42. The number of nitrogens with one attached hydrogen (secondary N) is 1. The maximum Gasteiger partial charge on any atom is 0.231 e. The van der Waals surface area contributed by atoms with Crippen LogP contribution in [-0.4, -0.2) is 37.9 Å².